The molecule has 0 aromatic heterocycles. The van der Waals surface area contributed by atoms with Crippen LogP contribution in [0.3, 0.4) is 0 Å². The molecule has 1 heterocycles. The van der Waals surface area contributed by atoms with Crippen LogP contribution in [0.4, 0.5) is 0 Å². The van der Waals surface area contributed by atoms with Crippen molar-refractivity contribution in [1.82, 2.24) is 4.90 Å². The van der Waals surface area contributed by atoms with Gasteiger partial charge in [0.2, 0.25) is 0 Å². The predicted octanol–water partition coefficient (Wildman–Crippen LogP) is 0.185. The Balaban J connectivity index is 2.73. The molecule has 1 saturated heterocycles. The largest absolute Gasteiger partial charge is 0.468 e. The van der Waals surface area contributed by atoms with E-state index in [0.29, 0.717) is 19.4 Å². The molecule has 1 rings (SSSR count). The maximum Gasteiger partial charge on any atom is 0.323 e. The number of nitrogens with zero attached hydrogens (tertiary/aromatic N) is 1. The lowest BCUT2D eigenvalue weighted by molar-refractivity contribution is -0.150. The minimum atomic E-state index is -0.302. The molecular formula is C10H17NO4. The van der Waals surface area contributed by atoms with Gasteiger partial charge in [0.25, 0.3) is 0 Å². The highest BCUT2D eigenvalue weighted by molar-refractivity contribution is 5.81. The van der Waals surface area contributed by atoms with Crippen molar-refractivity contribution in [3.05, 3.63) is 0 Å². The number of ether oxygens (including phenoxy) is 2. The Labute approximate surface area is 89.3 Å². The fourth-order valence-corrected chi connectivity index (χ4v) is 2.08. The molecule has 0 aliphatic carbocycles. The minimum Gasteiger partial charge on any atom is -0.468 e. The van der Waals surface area contributed by atoms with Gasteiger partial charge in [-0.3, -0.25) is 14.5 Å². The standard InChI is InChI=1S/C10H17NO4/c1-4-11-7(9(12)14-2)5-6-8(11)10(13)15-3/h7-8H,4-6H2,1-3H3/t7-,8+. The van der Waals surface area contributed by atoms with Crippen LogP contribution in [-0.4, -0.2) is 49.7 Å². The molecule has 5 nitrogen and oxygen atoms in total. The molecule has 0 aromatic rings. The molecule has 0 bridgehead atoms. The maximum atomic E-state index is 11.4. The van der Waals surface area contributed by atoms with Crippen LogP contribution >= 0.6 is 0 Å². The molecule has 0 radical (unpaired) electrons. The number of carbonyl (C=O) groups is 2. The number of hydrogen-bond donors (Lipinski definition) is 0. The smallest absolute Gasteiger partial charge is 0.323 e. The van der Waals surface area contributed by atoms with E-state index < -0.39 is 0 Å². The molecule has 0 unspecified atom stereocenters. The van der Waals surface area contributed by atoms with Crippen LogP contribution in [0, 0.1) is 0 Å². The van der Waals surface area contributed by atoms with Crippen LogP contribution in [0.1, 0.15) is 19.8 Å². The van der Waals surface area contributed by atoms with E-state index in [1.165, 1.54) is 14.2 Å². The van der Waals surface area contributed by atoms with Crippen molar-refractivity contribution in [3.63, 3.8) is 0 Å². The molecular weight excluding hydrogens is 198 g/mol. The number of likely N-dealkylation sites (N-methyl/N-ethyl adjacent to an activating group) is 1. The molecule has 0 aromatic carbocycles. The summed E-state index contributed by atoms with van der Waals surface area (Å²) in [5.74, 6) is -0.550. The van der Waals surface area contributed by atoms with Crippen molar-refractivity contribution in [2.45, 2.75) is 31.8 Å². The second kappa shape index (κ2) is 5.11. The Kier molecular flexibility index (Phi) is 4.08. The van der Waals surface area contributed by atoms with Gasteiger partial charge in [-0.25, -0.2) is 0 Å². The van der Waals surface area contributed by atoms with E-state index in [-0.39, 0.29) is 24.0 Å². The lowest BCUT2D eigenvalue weighted by Gasteiger charge is -2.25. The van der Waals surface area contributed by atoms with Gasteiger partial charge in [-0.15, -0.1) is 0 Å². The molecule has 0 N–H and O–H groups in total. The van der Waals surface area contributed by atoms with E-state index in [0.717, 1.165) is 0 Å². The third-order valence-electron chi connectivity index (χ3n) is 2.83. The normalized spacial score (nSPS) is 26.3. The Morgan fingerprint density at radius 3 is 1.80 bits per heavy atom. The minimum absolute atomic E-state index is 0.275. The summed E-state index contributed by atoms with van der Waals surface area (Å²) in [6, 6.07) is -0.604. The molecule has 2 atom stereocenters. The van der Waals surface area contributed by atoms with Gasteiger partial charge in [0.15, 0.2) is 0 Å². The summed E-state index contributed by atoms with van der Waals surface area (Å²) in [7, 11) is 2.73. The first-order valence-corrected chi connectivity index (χ1v) is 5.07. The van der Waals surface area contributed by atoms with Gasteiger partial charge in [0, 0.05) is 0 Å². The molecule has 15 heavy (non-hydrogen) atoms. The van der Waals surface area contributed by atoms with E-state index in [1.807, 2.05) is 11.8 Å². The van der Waals surface area contributed by atoms with Crippen molar-refractivity contribution in [3.8, 4) is 0 Å². The van der Waals surface area contributed by atoms with Gasteiger partial charge < -0.3 is 9.47 Å². The highest BCUT2D eigenvalue weighted by Crippen LogP contribution is 2.25. The second-order valence-corrected chi connectivity index (χ2v) is 3.49. The van der Waals surface area contributed by atoms with Gasteiger partial charge in [0.05, 0.1) is 14.2 Å². The number of likely N-dealkylation sites (tertiary alicyclic amines) is 1. The van der Waals surface area contributed by atoms with E-state index in [4.69, 9.17) is 9.47 Å². The summed E-state index contributed by atoms with van der Waals surface area (Å²) in [5.41, 5.74) is 0. The lowest BCUT2D eigenvalue weighted by Crippen LogP contribution is -2.44. The second-order valence-electron chi connectivity index (χ2n) is 3.49. The third-order valence-corrected chi connectivity index (χ3v) is 2.83. The van der Waals surface area contributed by atoms with Gasteiger partial charge in [-0.2, -0.15) is 0 Å². The van der Waals surface area contributed by atoms with Crippen molar-refractivity contribution < 1.29 is 19.1 Å². The summed E-state index contributed by atoms with van der Waals surface area (Å²) in [4.78, 5) is 24.7. The first-order chi connectivity index (χ1) is 7.15. The Morgan fingerprint density at radius 2 is 1.53 bits per heavy atom. The van der Waals surface area contributed by atoms with E-state index in [2.05, 4.69) is 0 Å². The Hall–Kier alpha value is -1.10. The summed E-state index contributed by atoms with van der Waals surface area (Å²) in [6.07, 6.45) is 1.31. The quantitative estimate of drug-likeness (QED) is 0.629. The van der Waals surface area contributed by atoms with Crippen molar-refractivity contribution in [1.29, 1.82) is 0 Å². The molecule has 1 fully saturated rings. The van der Waals surface area contributed by atoms with Gasteiger partial charge in [-0.1, -0.05) is 6.92 Å². The summed E-state index contributed by atoms with van der Waals surface area (Å²) < 4.78 is 9.39. The van der Waals surface area contributed by atoms with Crippen molar-refractivity contribution in [2.24, 2.45) is 0 Å². The topological polar surface area (TPSA) is 55.8 Å². The molecule has 0 amide bonds. The SMILES string of the molecule is CCN1[C@@H](C(=O)OC)CC[C@H]1C(=O)OC. The predicted molar refractivity (Wildman–Crippen MR) is 53.2 cm³/mol. The molecule has 5 heteroatoms. The van der Waals surface area contributed by atoms with Crippen LogP contribution in [-0.2, 0) is 19.1 Å². The lowest BCUT2D eigenvalue weighted by atomic mass is 10.2. The molecule has 1 aliphatic heterocycles. The number of esters is 2. The number of hydrogen-bond acceptors (Lipinski definition) is 5. The fraction of sp³-hybridized carbons (Fsp3) is 0.800. The Bertz CT molecular complexity index is 230. The summed E-state index contributed by atoms with van der Waals surface area (Å²) in [5, 5.41) is 0. The highest BCUT2D eigenvalue weighted by atomic mass is 16.5. The average molecular weight is 215 g/mol. The molecule has 1 aliphatic rings. The third kappa shape index (κ3) is 2.28. The summed E-state index contributed by atoms with van der Waals surface area (Å²) >= 11 is 0. The average Bonchev–Trinajstić information content (AvgIpc) is 2.70. The maximum absolute atomic E-state index is 11.4. The molecule has 0 spiro atoms. The van der Waals surface area contributed by atoms with E-state index in [1.54, 1.807) is 0 Å². The van der Waals surface area contributed by atoms with Crippen molar-refractivity contribution >= 4 is 11.9 Å². The fourth-order valence-electron chi connectivity index (χ4n) is 2.08. The first-order valence-electron chi connectivity index (χ1n) is 5.07. The van der Waals surface area contributed by atoms with Gasteiger partial charge in [-0.05, 0) is 19.4 Å². The zero-order chi connectivity index (χ0) is 11.4. The van der Waals surface area contributed by atoms with E-state index >= 15 is 0 Å². The number of methoxy groups -OCH3 is 2. The highest BCUT2D eigenvalue weighted by Gasteiger charge is 2.41. The van der Waals surface area contributed by atoms with E-state index in [9.17, 15) is 9.59 Å². The van der Waals surface area contributed by atoms with Gasteiger partial charge >= 0.3 is 11.9 Å². The van der Waals surface area contributed by atoms with Gasteiger partial charge in [0.1, 0.15) is 12.1 Å². The van der Waals surface area contributed by atoms with Crippen LogP contribution < -0.4 is 0 Å². The monoisotopic (exact) mass is 215 g/mol. The first kappa shape index (κ1) is 12.0. The zero-order valence-electron chi connectivity index (χ0n) is 9.36. The van der Waals surface area contributed by atoms with Crippen LogP contribution in [0.5, 0.6) is 0 Å². The zero-order valence-corrected chi connectivity index (χ0v) is 9.36. The number of carbonyl (C=O) groups excluding carboxylic acids is 2. The van der Waals surface area contributed by atoms with Crippen LogP contribution in [0.25, 0.3) is 0 Å². The summed E-state index contributed by atoms with van der Waals surface area (Å²) in [6.45, 7) is 2.55. The molecule has 0 saturated carbocycles. The number of rotatable bonds is 3. The van der Waals surface area contributed by atoms with Crippen LogP contribution in [0.15, 0.2) is 0 Å². The van der Waals surface area contributed by atoms with Crippen molar-refractivity contribution in [2.75, 3.05) is 20.8 Å². The molecule has 86 valence electrons. The van der Waals surface area contributed by atoms with Crippen LogP contribution in [0.2, 0.25) is 0 Å². The Morgan fingerprint density at radius 1 is 1.13 bits per heavy atom.